The number of hydrogen-bond donors (Lipinski definition) is 0. The van der Waals surface area contributed by atoms with E-state index in [9.17, 15) is 4.79 Å². The van der Waals surface area contributed by atoms with Crippen molar-refractivity contribution < 1.29 is 4.79 Å². The Morgan fingerprint density at radius 3 is 2.60 bits per heavy atom. The van der Waals surface area contributed by atoms with Gasteiger partial charge in [0.25, 0.3) is 5.91 Å². The molecule has 0 aliphatic carbocycles. The maximum atomic E-state index is 12.4. The number of likely N-dealkylation sites (N-methyl/N-ethyl adjacent to an activating group) is 1. The molecular formula is C18H17BrClN3OS. The third-order valence-electron chi connectivity index (χ3n) is 4.11. The van der Waals surface area contributed by atoms with Crippen molar-refractivity contribution in [2.75, 3.05) is 14.1 Å². The fourth-order valence-corrected chi connectivity index (χ4v) is 4.19. The molecule has 0 unspecified atom stereocenters. The van der Waals surface area contributed by atoms with E-state index in [1.54, 1.807) is 19.0 Å². The Morgan fingerprint density at radius 1 is 1.28 bits per heavy atom. The number of amidine groups is 1. The van der Waals surface area contributed by atoms with Crippen LogP contribution in [0.3, 0.4) is 0 Å². The van der Waals surface area contributed by atoms with Crippen LogP contribution in [-0.2, 0) is 4.79 Å². The van der Waals surface area contributed by atoms with Gasteiger partial charge in [-0.25, -0.2) is 0 Å². The van der Waals surface area contributed by atoms with E-state index in [2.05, 4.69) is 31.6 Å². The lowest BCUT2D eigenvalue weighted by Crippen LogP contribution is -2.23. The van der Waals surface area contributed by atoms with Gasteiger partial charge in [0.1, 0.15) is 0 Å². The third-order valence-corrected chi connectivity index (χ3v) is 6.50. The number of amides is 1. The van der Waals surface area contributed by atoms with Crippen LogP contribution in [0.4, 0.5) is 0 Å². The maximum absolute atomic E-state index is 12.4. The van der Waals surface area contributed by atoms with Crippen LogP contribution < -0.4 is 0 Å². The van der Waals surface area contributed by atoms with Crippen LogP contribution in [0.15, 0.2) is 38.6 Å². The summed E-state index contributed by atoms with van der Waals surface area (Å²) >= 11 is 11.1. The van der Waals surface area contributed by atoms with Crippen molar-refractivity contribution in [1.29, 1.82) is 0 Å². The van der Waals surface area contributed by atoms with Crippen molar-refractivity contribution >= 4 is 56.4 Å². The van der Waals surface area contributed by atoms with Crippen molar-refractivity contribution in [3.63, 3.8) is 0 Å². The fraction of sp³-hybridized carbons (Fsp3) is 0.222. The van der Waals surface area contributed by atoms with Gasteiger partial charge in [-0.1, -0.05) is 11.6 Å². The van der Waals surface area contributed by atoms with E-state index in [1.165, 1.54) is 11.8 Å². The molecule has 1 aliphatic rings. The normalized spacial score (nSPS) is 18.0. The number of aromatic nitrogens is 1. The number of aliphatic imine (C=N–C) groups is 1. The van der Waals surface area contributed by atoms with Gasteiger partial charge in [0.05, 0.1) is 9.93 Å². The summed E-state index contributed by atoms with van der Waals surface area (Å²) in [6.07, 6.45) is 1.93. The predicted molar refractivity (Wildman–Crippen MR) is 110 cm³/mol. The molecule has 1 fully saturated rings. The number of carbonyl (C=O) groups is 1. The first-order valence-electron chi connectivity index (χ1n) is 7.62. The highest BCUT2D eigenvalue weighted by molar-refractivity contribution is 9.10. The molecular weight excluding hydrogens is 422 g/mol. The van der Waals surface area contributed by atoms with Crippen molar-refractivity contribution in [3.8, 4) is 5.69 Å². The molecule has 7 heteroatoms. The summed E-state index contributed by atoms with van der Waals surface area (Å²) in [5.41, 5.74) is 4.14. The van der Waals surface area contributed by atoms with Crippen LogP contribution in [0.1, 0.15) is 17.0 Å². The number of aryl methyl sites for hydroxylation is 1. The molecule has 0 radical (unpaired) electrons. The van der Waals surface area contributed by atoms with Gasteiger partial charge in [-0.15, -0.1) is 0 Å². The molecule has 0 atom stereocenters. The second kappa shape index (κ2) is 7.02. The van der Waals surface area contributed by atoms with Crippen LogP contribution >= 0.6 is 39.3 Å². The van der Waals surface area contributed by atoms with Gasteiger partial charge in [-0.05, 0) is 77.4 Å². The molecule has 3 rings (SSSR count). The zero-order chi connectivity index (χ0) is 18.3. The first-order valence-corrected chi connectivity index (χ1v) is 9.61. The lowest BCUT2D eigenvalue weighted by Gasteiger charge is -2.10. The van der Waals surface area contributed by atoms with Crippen molar-refractivity contribution in [1.82, 2.24) is 9.47 Å². The minimum Gasteiger partial charge on any atom is -0.318 e. The summed E-state index contributed by atoms with van der Waals surface area (Å²) < 4.78 is 3.00. The van der Waals surface area contributed by atoms with Gasteiger partial charge in [-0.2, -0.15) is 0 Å². The fourth-order valence-electron chi connectivity index (χ4n) is 2.85. The average molecular weight is 439 g/mol. The van der Waals surface area contributed by atoms with Gasteiger partial charge in [-0.3, -0.25) is 14.7 Å². The Morgan fingerprint density at radius 2 is 2.00 bits per heavy atom. The first-order chi connectivity index (χ1) is 11.8. The van der Waals surface area contributed by atoms with Crippen LogP contribution in [0, 0.1) is 13.8 Å². The predicted octanol–water partition coefficient (Wildman–Crippen LogP) is 5.04. The van der Waals surface area contributed by atoms with E-state index in [4.69, 9.17) is 11.6 Å². The number of halogens is 2. The summed E-state index contributed by atoms with van der Waals surface area (Å²) in [6, 6.07) is 7.95. The minimum atomic E-state index is -0.0258. The summed E-state index contributed by atoms with van der Waals surface area (Å²) in [5, 5.41) is 1.38. The highest BCUT2D eigenvalue weighted by Crippen LogP contribution is 2.33. The Balaban J connectivity index is 2.05. The zero-order valence-corrected chi connectivity index (χ0v) is 17.5. The standard InChI is InChI=1S/C18H17BrClN3OS/c1-10-7-12(8-16-17(24)22(4)18(21-3)25-16)11(2)23(10)13-5-6-14(19)15(20)9-13/h5-9H,1-4H3/b16-8+,21-18?. The molecule has 1 saturated heterocycles. The van der Waals surface area contributed by atoms with Gasteiger partial charge in [0.15, 0.2) is 5.17 Å². The summed E-state index contributed by atoms with van der Waals surface area (Å²) in [7, 11) is 3.43. The Kier molecular flexibility index (Phi) is 5.14. The van der Waals surface area contributed by atoms with Crippen LogP contribution in [0.2, 0.25) is 5.02 Å². The molecule has 0 N–H and O–H groups in total. The molecule has 1 amide bonds. The quantitative estimate of drug-likeness (QED) is 0.616. The minimum absolute atomic E-state index is 0.0258. The van der Waals surface area contributed by atoms with E-state index in [-0.39, 0.29) is 5.91 Å². The summed E-state index contributed by atoms with van der Waals surface area (Å²) in [6.45, 7) is 4.08. The molecule has 4 nitrogen and oxygen atoms in total. The molecule has 0 saturated carbocycles. The number of hydrogen-bond acceptors (Lipinski definition) is 3. The number of benzene rings is 1. The Hall–Kier alpha value is -1.50. The van der Waals surface area contributed by atoms with E-state index in [0.29, 0.717) is 15.1 Å². The van der Waals surface area contributed by atoms with E-state index in [0.717, 1.165) is 27.1 Å². The molecule has 2 aromatic rings. The second-order valence-corrected chi connectivity index (χ2v) is 8.01. The average Bonchev–Trinajstić information content (AvgIpc) is 3.01. The van der Waals surface area contributed by atoms with E-state index in [1.807, 2.05) is 38.1 Å². The molecule has 1 aliphatic heterocycles. The van der Waals surface area contributed by atoms with Crippen LogP contribution in [0.25, 0.3) is 11.8 Å². The SMILES string of the molecule is CN=C1S/C(=C/c2cc(C)n(-c3ccc(Br)c(Cl)c3)c2C)C(=O)N1C. The summed E-state index contributed by atoms with van der Waals surface area (Å²) in [4.78, 5) is 18.8. The molecule has 2 heterocycles. The molecule has 0 bridgehead atoms. The Labute approximate surface area is 164 Å². The highest BCUT2D eigenvalue weighted by Gasteiger charge is 2.30. The largest absolute Gasteiger partial charge is 0.318 e. The lowest BCUT2D eigenvalue weighted by atomic mass is 10.2. The lowest BCUT2D eigenvalue weighted by molar-refractivity contribution is -0.121. The highest BCUT2D eigenvalue weighted by atomic mass is 79.9. The monoisotopic (exact) mass is 437 g/mol. The number of thioether (sulfide) groups is 1. The van der Waals surface area contributed by atoms with Crippen molar-refractivity contribution in [2.45, 2.75) is 13.8 Å². The van der Waals surface area contributed by atoms with Crippen LogP contribution in [0.5, 0.6) is 0 Å². The smallest absolute Gasteiger partial charge is 0.266 e. The van der Waals surface area contributed by atoms with Gasteiger partial charge >= 0.3 is 0 Å². The number of nitrogens with zero attached hydrogens (tertiary/aromatic N) is 3. The van der Waals surface area contributed by atoms with Crippen molar-refractivity contribution in [3.05, 3.63) is 55.6 Å². The summed E-state index contributed by atoms with van der Waals surface area (Å²) in [5.74, 6) is -0.0258. The van der Waals surface area contributed by atoms with Gasteiger partial charge in [0.2, 0.25) is 0 Å². The molecule has 0 spiro atoms. The molecule has 25 heavy (non-hydrogen) atoms. The van der Waals surface area contributed by atoms with E-state index < -0.39 is 0 Å². The molecule has 1 aromatic heterocycles. The third kappa shape index (κ3) is 3.30. The number of rotatable bonds is 2. The van der Waals surface area contributed by atoms with Gasteiger partial charge in [0, 0.05) is 35.6 Å². The first kappa shape index (κ1) is 18.3. The second-order valence-electron chi connectivity index (χ2n) is 5.74. The number of carbonyl (C=O) groups excluding carboxylic acids is 1. The van der Waals surface area contributed by atoms with Gasteiger partial charge < -0.3 is 4.57 Å². The Bertz CT molecular complexity index is 933. The molecule has 1 aromatic carbocycles. The maximum Gasteiger partial charge on any atom is 0.266 e. The topological polar surface area (TPSA) is 37.6 Å². The van der Waals surface area contributed by atoms with Crippen molar-refractivity contribution in [2.24, 2.45) is 4.99 Å². The van der Waals surface area contributed by atoms with E-state index >= 15 is 0 Å². The molecule has 130 valence electrons. The van der Waals surface area contributed by atoms with Crippen LogP contribution in [-0.4, -0.2) is 34.6 Å². The zero-order valence-electron chi connectivity index (χ0n) is 14.3.